The Kier molecular flexibility index (Phi) is 4.60. The van der Waals surface area contributed by atoms with Crippen molar-refractivity contribution in [3.63, 3.8) is 0 Å². The van der Waals surface area contributed by atoms with Crippen molar-refractivity contribution in [3.8, 4) is 0 Å². The van der Waals surface area contributed by atoms with E-state index >= 15 is 0 Å². The van der Waals surface area contributed by atoms with E-state index in [4.69, 9.17) is 4.74 Å². The van der Waals surface area contributed by atoms with Gasteiger partial charge in [-0.2, -0.15) is 0 Å². The molecule has 2 rings (SSSR count). The summed E-state index contributed by atoms with van der Waals surface area (Å²) in [4.78, 5) is 20.0. The van der Waals surface area contributed by atoms with Crippen LogP contribution in [0.25, 0.3) is 0 Å². The largest absolute Gasteiger partial charge is 0.378 e. The Morgan fingerprint density at radius 2 is 2.44 bits per heavy atom. The van der Waals surface area contributed by atoms with E-state index < -0.39 is 0 Å². The average Bonchev–Trinajstić information content (AvgIpc) is 2.39. The lowest BCUT2D eigenvalue weighted by Gasteiger charge is -2.23. The minimum Gasteiger partial charge on any atom is -0.378 e. The van der Waals surface area contributed by atoms with E-state index in [0.717, 1.165) is 24.5 Å². The summed E-state index contributed by atoms with van der Waals surface area (Å²) in [6.07, 6.45) is 3.80. The third-order valence-corrected chi connectivity index (χ3v) is 2.73. The van der Waals surface area contributed by atoms with E-state index in [1.807, 2.05) is 6.92 Å². The molecule has 0 bridgehead atoms. The van der Waals surface area contributed by atoms with E-state index in [-0.39, 0.29) is 11.9 Å². The molecule has 6 heteroatoms. The topological polar surface area (TPSA) is 76.1 Å². The number of amides is 1. The highest BCUT2D eigenvalue weighted by Crippen LogP contribution is 1.99. The molecule has 18 heavy (non-hydrogen) atoms. The Morgan fingerprint density at radius 3 is 3.11 bits per heavy atom. The van der Waals surface area contributed by atoms with Gasteiger partial charge in [0.25, 0.3) is 0 Å². The molecule has 0 aromatic carbocycles. The summed E-state index contributed by atoms with van der Waals surface area (Å²) in [5, 5.41) is 6.07. The number of hydrogen-bond acceptors (Lipinski definition) is 5. The maximum absolute atomic E-state index is 11.7. The van der Waals surface area contributed by atoms with Crippen LogP contribution >= 0.6 is 0 Å². The van der Waals surface area contributed by atoms with Gasteiger partial charge in [-0.15, -0.1) is 0 Å². The summed E-state index contributed by atoms with van der Waals surface area (Å²) in [6, 6.07) is 0.114. The van der Waals surface area contributed by atoms with Crippen LogP contribution in [0, 0.1) is 6.92 Å². The minimum atomic E-state index is 0.000347. The van der Waals surface area contributed by atoms with Crippen molar-refractivity contribution in [2.75, 3.05) is 19.8 Å². The van der Waals surface area contributed by atoms with E-state index in [1.54, 1.807) is 12.4 Å². The molecule has 1 saturated heterocycles. The number of nitrogens with one attached hydrogen (secondary N) is 2. The molecule has 1 aliphatic heterocycles. The first-order valence-electron chi connectivity index (χ1n) is 6.09. The molecule has 0 spiro atoms. The zero-order valence-corrected chi connectivity index (χ0v) is 10.5. The first-order chi connectivity index (χ1) is 8.74. The summed E-state index contributed by atoms with van der Waals surface area (Å²) >= 11 is 0. The Morgan fingerprint density at radius 1 is 1.56 bits per heavy atom. The van der Waals surface area contributed by atoms with Crippen molar-refractivity contribution in [1.82, 2.24) is 20.6 Å². The first-order valence-corrected chi connectivity index (χ1v) is 6.09. The molecule has 1 fully saturated rings. The molecular formula is C12H18N4O2. The highest BCUT2D eigenvalue weighted by molar-refractivity contribution is 5.76. The van der Waals surface area contributed by atoms with Gasteiger partial charge in [-0.3, -0.25) is 14.8 Å². The van der Waals surface area contributed by atoms with Crippen molar-refractivity contribution < 1.29 is 9.53 Å². The fourth-order valence-corrected chi connectivity index (χ4v) is 1.75. The maximum Gasteiger partial charge on any atom is 0.221 e. The van der Waals surface area contributed by atoms with Crippen LogP contribution in [0.4, 0.5) is 0 Å². The van der Waals surface area contributed by atoms with Crippen molar-refractivity contribution in [2.24, 2.45) is 0 Å². The number of ether oxygens (including phenoxy) is 1. The van der Waals surface area contributed by atoms with Gasteiger partial charge in [-0.05, 0) is 6.92 Å². The summed E-state index contributed by atoms with van der Waals surface area (Å²) in [5.41, 5.74) is 1.63. The Balaban J connectivity index is 1.72. The van der Waals surface area contributed by atoms with Crippen LogP contribution in [-0.2, 0) is 16.1 Å². The van der Waals surface area contributed by atoms with Crippen molar-refractivity contribution >= 4 is 5.91 Å². The fourth-order valence-electron chi connectivity index (χ4n) is 1.75. The van der Waals surface area contributed by atoms with Gasteiger partial charge < -0.3 is 15.4 Å². The molecule has 2 heterocycles. The van der Waals surface area contributed by atoms with Crippen LogP contribution in [0.3, 0.4) is 0 Å². The average molecular weight is 250 g/mol. The number of nitrogens with zero attached hydrogens (tertiary/aromatic N) is 2. The molecule has 0 saturated carbocycles. The van der Waals surface area contributed by atoms with Gasteiger partial charge in [0.1, 0.15) is 0 Å². The Hall–Kier alpha value is -1.53. The summed E-state index contributed by atoms with van der Waals surface area (Å²) < 4.78 is 5.29. The third kappa shape index (κ3) is 4.05. The summed E-state index contributed by atoms with van der Waals surface area (Å²) in [5.74, 6) is 0.000347. The van der Waals surface area contributed by atoms with Gasteiger partial charge in [0, 0.05) is 25.2 Å². The predicted octanol–water partition coefficient (Wildman–Crippen LogP) is -0.220. The quantitative estimate of drug-likeness (QED) is 0.772. The van der Waals surface area contributed by atoms with Crippen molar-refractivity contribution in [2.45, 2.75) is 25.9 Å². The number of morpholine rings is 1. The zero-order valence-electron chi connectivity index (χ0n) is 10.5. The molecule has 6 nitrogen and oxygen atoms in total. The number of carbonyl (C=O) groups is 1. The number of hydrogen-bond donors (Lipinski definition) is 2. The van der Waals surface area contributed by atoms with E-state index in [9.17, 15) is 4.79 Å². The second-order valence-corrected chi connectivity index (χ2v) is 4.36. The first kappa shape index (κ1) is 12.9. The van der Waals surface area contributed by atoms with Crippen molar-refractivity contribution in [1.29, 1.82) is 0 Å². The van der Waals surface area contributed by atoms with Gasteiger partial charge in [0.15, 0.2) is 0 Å². The van der Waals surface area contributed by atoms with Crippen LogP contribution in [0.2, 0.25) is 0 Å². The van der Waals surface area contributed by atoms with Crippen molar-refractivity contribution in [3.05, 3.63) is 23.8 Å². The van der Waals surface area contributed by atoms with E-state index in [0.29, 0.717) is 19.6 Å². The molecule has 0 unspecified atom stereocenters. The second kappa shape index (κ2) is 6.42. The van der Waals surface area contributed by atoms with E-state index in [1.165, 1.54) is 0 Å². The number of aromatic nitrogens is 2. The molecule has 0 radical (unpaired) electrons. The van der Waals surface area contributed by atoms with E-state index in [2.05, 4.69) is 20.6 Å². The normalized spacial score (nSPS) is 19.5. The highest BCUT2D eigenvalue weighted by Gasteiger charge is 2.16. The van der Waals surface area contributed by atoms with Crippen LogP contribution in [0.15, 0.2) is 12.4 Å². The van der Waals surface area contributed by atoms with Gasteiger partial charge in [0.2, 0.25) is 5.91 Å². The van der Waals surface area contributed by atoms with Crippen LogP contribution in [0.5, 0.6) is 0 Å². The lowest BCUT2D eigenvalue weighted by Crippen LogP contribution is -2.44. The van der Waals surface area contributed by atoms with Gasteiger partial charge in [-0.1, -0.05) is 0 Å². The van der Waals surface area contributed by atoms with Crippen LogP contribution in [-0.4, -0.2) is 41.7 Å². The number of aryl methyl sites for hydroxylation is 1. The molecule has 2 N–H and O–H groups in total. The zero-order chi connectivity index (χ0) is 12.8. The second-order valence-electron chi connectivity index (χ2n) is 4.36. The molecule has 0 aliphatic carbocycles. The summed E-state index contributed by atoms with van der Waals surface area (Å²) in [6.45, 7) is 4.42. The number of carbonyl (C=O) groups excluding carboxylic acids is 1. The summed E-state index contributed by atoms with van der Waals surface area (Å²) in [7, 11) is 0. The molecule has 1 atom stereocenters. The predicted molar refractivity (Wildman–Crippen MR) is 65.8 cm³/mol. The molecule has 1 aromatic heterocycles. The lowest BCUT2D eigenvalue weighted by molar-refractivity contribution is -0.122. The fraction of sp³-hybridized carbons (Fsp3) is 0.583. The monoisotopic (exact) mass is 250 g/mol. The highest BCUT2D eigenvalue weighted by atomic mass is 16.5. The molecule has 98 valence electrons. The number of rotatable bonds is 4. The van der Waals surface area contributed by atoms with Gasteiger partial charge >= 0.3 is 0 Å². The standard InChI is InChI=1S/C12H18N4O2/c1-9-5-15-11(6-14-9)7-16-12(17)4-10-8-18-3-2-13-10/h5-6,10,13H,2-4,7-8H2,1H3,(H,16,17)/t10-/m0/s1. The van der Waals surface area contributed by atoms with Gasteiger partial charge in [-0.25, -0.2) is 0 Å². The Labute approximate surface area is 106 Å². The van der Waals surface area contributed by atoms with Crippen LogP contribution < -0.4 is 10.6 Å². The SMILES string of the molecule is Cc1cnc(CNC(=O)C[C@H]2COCCN2)cn1. The molecule has 1 amide bonds. The minimum absolute atomic E-state index is 0.000347. The molecule has 1 aliphatic rings. The Bertz CT molecular complexity index is 388. The maximum atomic E-state index is 11.7. The smallest absolute Gasteiger partial charge is 0.221 e. The molecular weight excluding hydrogens is 232 g/mol. The third-order valence-electron chi connectivity index (χ3n) is 2.73. The molecule has 1 aromatic rings. The lowest BCUT2D eigenvalue weighted by atomic mass is 10.2. The van der Waals surface area contributed by atoms with Crippen LogP contribution in [0.1, 0.15) is 17.8 Å². The van der Waals surface area contributed by atoms with Gasteiger partial charge in [0.05, 0.1) is 37.3 Å².